The van der Waals surface area contributed by atoms with Gasteiger partial charge in [-0.15, -0.1) is 0 Å². The Labute approximate surface area is 78.8 Å². The van der Waals surface area contributed by atoms with Crippen LogP contribution < -0.4 is 5.32 Å². The molecule has 0 aromatic rings. The lowest BCUT2D eigenvalue weighted by Gasteiger charge is -2.34. The third-order valence-electron chi connectivity index (χ3n) is 2.90. The lowest BCUT2D eigenvalue weighted by Crippen LogP contribution is -2.43. The second-order valence-electron chi connectivity index (χ2n) is 3.82. The molecule has 0 spiro atoms. The molecule has 3 nitrogen and oxygen atoms in total. The molecule has 0 unspecified atom stereocenters. The highest BCUT2D eigenvalue weighted by Crippen LogP contribution is 2.22. The minimum atomic E-state index is 0.0343. The fourth-order valence-corrected chi connectivity index (χ4v) is 2.11. The Morgan fingerprint density at radius 3 is 2.69 bits per heavy atom. The van der Waals surface area contributed by atoms with Gasteiger partial charge in [-0.25, -0.2) is 0 Å². The van der Waals surface area contributed by atoms with Crippen molar-refractivity contribution in [2.45, 2.75) is 38.1 Å². The van der Waals surface area contributed by atoms with E-state index < -0.39 is 0 Å². The molecule has 1 fully saturated rings. The van der Waals surface area contributed by atoms with Gasteiger partial charge in [-0.3, -0.25) is 4.79 Å². The highest BCUT2D eigenvalue weighted by Gasteiger charge is 2.20. The molecule has 1 aliphatic carbocycles. The van der Waals surface area contributed by atoms with Gasteiger partial charge >= 0.3 is 0 Å². The van der Waals surface area contributed by atoms with E-state index in [9.17, 15) is 4.79 Å². The Hall–Kier alpha value is -0.990. The molecular weight excluding hydrogens is 164 g/mol. The van der Waals surface area contributed by atoms with Crippen LogP contribution in [0.5, 0.6) is 0 Å². The molecule has 2 rings (SSSR count). The van der Waals surface area contributed by atoms with Gasteiger partial charge in [0.2, 0.25) is 5.91 Å². The fraction of sp³-hybridized carbons (Fsp3) is 0.700. The van der Waals surface area contributed by atoms with E-state index in [4.69, 9.17) is 0 Å². The largest absolute Gasteiger partial charge is 0.357 e. The molecule has 1 saturated carbocycles. The first-order valence-corrected chi connectivity index (χ1v) is 5.08. The van der Waals surface area contributed by atoms with Crippen molar-refractivity contribution in [1.82, 2.24) is 10.2 Å². The van der Waals surface area contributed by atoms with Crippen molar-refractivity contribution >= 4 is 5.91 Å². The Bertz CT molecular complexity index is 219. The molecule has 1 aliphatic heterocycles. The van der Waals surface area contributed by atoms with E-state index in [2.05, 4.69) is 10.2 Å². The fourth-order valence-electron chi connectivity index (χ4n) is 2.11. The van der Waals surface area contributed by atoms with Gasteiger partial charge in [0.1, 0.15) is 0 Å². The normalized spacial score (nSPS) is 24.6. The van der Waals surface area contributed by atoms with Crippen molar-refractivity contribution in [2.24, 2.45) is 0 Å². The van der Waals surface area contributed by atoms with E-state index in [0.29, 0.717) is 12.7 Å². The third kappa shape index (κ3) is 2.02. The summed E-state index contributed by atoms with van der Waals surface area (Å²) in [5.41, 5.74) is 0. The van der Waals surface area contributed by atoms with E-state index in [-0.39, 0.29) is 5.91 Å². The molecule has 1 heterocycles. The smallest absolute Gasteiger partial charge is 0.246 e. The molecule has 0 radical (unpaired) electrons. The number of carbonyl (C=O) groups excluding carboxylic acids is 1. The monoisotopic (exact) mass is 180 g/mol. The molecule has 13 heavy (non-hydrogen) atoms. The molecule has 1 N–H and O–H groups in total. The summed E-state index contributed by atoms with van der Waals surface area (Å²) in [6.07, 6.45) is 10.2. The predicted octanol–water partition coefficient (Wildman–Crippen LogP) is 1.22. The number of amides is 1. The molecule has 0 aromatic carbocycles. The van der Waals surface area contributed by atoms with E-state index in [1.807, 2.05) is 6.20 Å². The second kappa shape index (κ2) is 3.81. The minimum absolute atomic E-state index is 0.0343. The zero-order chi connectivity index (χ0) is 9.10. The Morgan fingerprint density at radius 1 is 1.31 bits per heavy atom. The van der Waals surface area contributed by atoms with Crippen LogP contribution in [-0.4, -0.2) is 23.5 Å². The molecule has 0 saturated heterocycles. The quantitative estimate of drug-likeness (QED) is 0.658. The summed E-state index contributed by atoms with van der Waals surface area (Å²) < 4.78 is 0. The van der Waals surface area contributed by atoms with Gasteiger partial charge in [-0.2, -0.15) is 0 Å². The van der Waals surface area contributed by atoms with Gasteiger partial charge < -0.3 is 10.2 Å². The molecule has 0 aromatic heterocycles. The Kier molecular flexibility index (Phi) is 2.52. The van der Waals surface area contributed by atoms with E-state index in [0.717, 1.165) is 0 Å². The standard InChI is InChI=1S/C10H16N2O/c13-10-6-7-12(8-11-10)9-4-2-1-3-5-9/h6-7,9H,1-5,8H2,(H,11,13). The third-order valence-corrected chi connectivity index (χ3v) is 2.90. The number of hydrogen-bond donors (Lipinski definition) is 1. The van der Waals surface area contributed by atoms with Gasteiger partial charge in [-0.1, -0.05) is 19.3 Å². The molecule has 1 amide bonds. The van der Waals surface area contributed by atoms with Crippen LogP contribution in [0.2, 0.25) is 0 Å². The Morgan fingerprint density at radius 2 is 2.08 bits per heavy atom. The number of nitrogens with one attached hydrogen (secondary N) is 1. The predicted molar refractivity (Wildman–Crippen MR) is 50.9 cm³/mol. The summed E-state index contributed by atoms with van der Waals surface area (Å²) in [5, 5.41) is 2.83. The van der Waals surface area contributed by atoms with Crippen molar-refractivity contribution in [1.29, 1.82) is 0 Å². The topological polar surface area (TPSA) is 32.3 Å². The van der Waals surface area contributed by atoms with Gasteiger partial charge in [0.25, 0.3) is 0 Å². The van der Waals surface area contributed by atoms with Crippen LogP contribution in [0.3, 0.4) is 0 Å². The molecular formula is C10H16N2O. The van der Waals surface area contributed by atoms with Crippen molar-refractivity contribution in [3.05, 3.63) is 12.3 Å². The molecule has 3 heteroatoms. The number of nitrogens with zero attached hydrogens (tertiary/aromatic N) is 1. The van der Waals surface area contributed by atoms with Crippen molar-refractivity contribution in [2.75, 3.05) is 6.67 Å². The molecule has 0 bridgehead atoms. The van der Waals surface area contributed by atoms with Crippen LogP contribution in [0.15, 0.2) is 12.3 Å². The van der Waals surface area contributed by atoms with Crippen LogP contribution >= 0.6 is 0 Å². The number of hydrogen-bond acceptors (Lipinski definition) is 2. The first kappa shape index (κ1) is 8.60. The summed E-state index contributed by atoms with van der Waals surface area (Å²) in [6.45, 7) is 0.694. The van der Waals surface area contributed by atoms with Crippen molar-refractivity contribution in [3.8, 4) is 0 Å². The SMILES string of the molecule is O=C1C=CN(C2CCCCC2)CN1. The van der Waals surface area contributed by atoms with Crippen LogP contribution in [0.4, 0.5) is 0 Å². The van der Waals surface area contributed by atoms with Crippen LogP contribution in [0, 0.1) is 0 Å². The zero-order valence-corrected chi connectivity index (χ0v) is 7.83. The summed E-state index contributed by atoms with van der Waals surface area (Å²) in [4.78, 5) is 13.1. The first-order valence-electron chi connectivity index (χ1n) is 5.08. The maximum Gasteiger partial charge on any atom is 0.246 e. The number of carbonyl (C=O) groups is 1. The highest BCUT2D eigenvalue weighted by molar-refractivity contribution is 5.87. The minimum Gasteiger partial charge on any atom is -0.357 e. The summed E-state index contributed by atoms with van der Waals surface area (Å²) >= 11 is 0. The van der Waals surface area contributed by atoms with E-state index in [1.54, 1.807) is 6.08 Å². The molecule has 0 atom stereocenters. The Balaban J connectivity index is 1.92. The average Bonchev–Trinajstić information content (AvgIpc) is 2.20. The highest BCUT2D eigenvalue weighted by atomic mass is 16.1. The van der Waals surface area contributed by atoms with Gasteiger partial charge in [0, 0.05) is 18.3 Å². The summed E-state index contributed by atoms with van der Waals surface area (Å²) in [5.74, 6) is 0.0343. The molecule has 72 valence electrons. The van der Waals surface area contributed by atoms with Crippen LogP contribution in [0.1, 0.15) is 32.1 Å². The second-order valence-corrected chi connectivity index (χ2v) is 3.82. The maximum absolute atomic E-state index is 10.9. The van der Waals surface area contributed by atoms with Crippen molar-refractivity contribution in [3.63, 3.8) is 0 Å². The first-order chi connectivity index (χ1) is 6.36. The number of rotatable bonds is 1. The summed E-state index contributed by atoms with van der Waals surface area (Å²) in [7, 11) is 0. The molecule has 2 aliphatic rings. The van der Waals surface area contributed by atoms with Crippen LogP contribution in [-0.2, 0) is 4.79 Å². The van der Waals surface area contributed by atoms with Crippen LogP contribution in [0.25, 0.3) is 0 Å². The average molecular weight is 180 g/mol. The van der Waals surface area contributed by atoms with Gasteiger partial charge in [0.15, 0.2) is 0 Å². The lowest BCUT2D eigenvalue weighted by atomic mass is 9.94. The maximum atomic E-state index is 10.9. The van der Waals surface area contributed by atoms with Gasteiger partial charge in [-0.05, 0) is 12.8 Å². The zero-order valence-electron chi connectivity index (χ0n) is 7.83. The van der Waals surface area contributed by atoms with Crippen molar-refractivity contribution < 1.29 is 4.79 Å². The van der Waals surface area contributed by atoms with Gasteiger partial charge in [0.05, 0.1) is 6.67 Å². The summed E-state index contributed by atoms with van der Waals surface area (Å²) in [6, 6.07) is 0.658. The van der Waals surface area contributed by atoms with E-state index >= 15 is 0 Å². The van der Waals surface area contributed by atoms with E-state index in [1.165, 1.54) is 32.1 Å². The lowest BCUT2D eigenvalue weighted by molar-refractivity contribution is -0.117.